The smallest absolute Gasteiger partial charge is 0.289 e. The van der Waals surface area contributed by atoms with Crippen LogP contribution in [-0.2, 0) is 14.8 Å². The zero-order valence-electron chi connectivity index (χ0n) is 12.9. The summed E-state index contributed by atoms with van der Waals surface area (Å²) in [6.07, 6.45) is 2.94. The normalized spacial score (nSPS) is 27.9. The standard InChI is InChI=1S/C14H19N3O5S/c1-15-13(18)10-6-9-7-16(14(19)12-4-3-5-22-12)8-11(9)17(10)23(2,20)21/h3-5,9-11H,6-8H2,1-2H3,(H,15,18)/t9-,10-,11+/m0/s1. The molecule has 1 N–H and O–H groups in total. The molecule has 3 atom stereocenters. The van der Waals surface area contributed by atoms with E-state index in [1.165, 1.54) is 17.6 Å². The molecule has 1 aromatic heterocycles. The summed E-state index contributed by atoms with van der Waals surface area (Å²) < 4.78 is 30.6. The van der Waals surface area contributed by atoms with Crippen LogP contribution >= 0.6 is 0 Å². The van der Waals surface area contributed by atoms with Crippen LogP contribution in [0.25, 0.3) is 0 Å². The van der Waals surface area contributed by atoms with E-state index in [1.54, 1.807) is 17.0 Å². The predicted octanol–water partition coefficient (Wildman–Crippen LogP) is -0.500. The first kappa shape index (κ1) is 16.0. The maximum Gasteiger partial charge on any atom is 0.289 e. The Labute approximate surface area is 134 Å². The van der Waals surface area contributed by atoms with Gasteiger partial charge < -0.3 is 14.6 Å². The second-order valence-corrected chi connectivity index (χ2v) is 7.86. The average molecular weight is 341 g/mol. The zero-order valence-corrected chi connectivity index (χ0v) is 13.7. The van der Waals surface area contributed by atoms with Crippen molar-refractivity contribution in [2.24, 2.45) is 5.92 Å². The fourth-order valence-corrected chi connectivity index (χ4v) is 4.96. The van der Waals surface area contributed by atoms with Crippen LogP contribution in [0.2, 0.25) is 0 Å². The molecule has 2 aliphatic rings. The molecule has 3 heterocycles. The maximum atomic E-state index is 12.4. The number of fused-ring (bicyclic) bond motifs is 1. The molecule has 2 fully saturated rings. The summed E-state index contributed by atoms with van der Waals surface area (Å²) in [6.45, 7) is 0.689. The number of carbonyl (C=O) groups excluding carboxylic acids is 2. The van der Waals surface area contributed by atoms with Gasteiger partial charge in [-0.1, -0.05) is 0 Å². The Hall–Kier alpha value is -1.87. The molecule has 8 nitrogen and oxygen atoms in total. The maximum absolute atomic E-state index is 12.4. The van der Waals surface area contributed by atoms with Crippen LogP contribution in [0.15, 0.2) is 22.8 Å². The van der Waals surface area contributed by atoms with E-state index in [1.807, 2.05) is 0 Å². The van der Waals surface area contributed by atoms with Gasteiger partial charge in [0.2, 0.25) is 15.9 Å². The van der Waals surface area contributed by atoms with E-state index in [4.69, 9.17) is 4.42 Å². The Kier molecular flexibility index (Phi) is 3.93. The Morgan fingerprint density at radius 3 is 2.65 bits per heavy atom. The molecule has 0 aromatic carbocycles. The van der Waals surface area contributed by atoms with Gasteiger partial charge in [0.15, 0.2) is 5.76 Å². The van der Waals surface area contributed by atoms with Crippen LogP contribution in [0, 0.1) is 5.92 Å². The zero-order chi connectivity index (χ0) is 16.8. The third-order valence-corrected chi connectivity index (χ3v) is 5.81. The van der Waals surface area contributed by atoms with Crippen LogP contribution < -0.4 is 5.32 Å². The van der Waals surface area contributed by atoms with Gasteiger partial charge in [-0.15, -0.1) is 0 Å². The summed E-state index contributed by atoms with van der Waals surface area (Å²) in [5.41, 5.74) is 0. The monoisotopic (exact) mass is 341 g/mol. The lowest BCUT2D eigenvalue weighted by Gasteiger charge is -2.27. The van der Waals surface area contributed by atoms with Gasteiger partial charge in [0.05, 0.1) is 12.5 Å². The van der Waals surface area contributed by atoms with Gasteiger partial charge in [-0.3, -0.25) is 9.59 Å². The quantitative estimate of drug-likeness (QED) is 0.799. The van der Waals surface area contributed by atoms with Crippen LogP contribution in [0.1, 0.15) is 17.0 Å². The minimum Gasteiger partial charge on any atom is -0.459 e. The van der Waals surface area contributed by atoms with Crippen molar-refractivity contribution in [3.8, 4) is 0 Å². The number of nitrogens with one attached hydrogen (secondary N) is 1. The molecule has 9 heteroatoms. The molecule has 3 rings (SSSR count). The number of likely N-dealkylation sites (tertiary alicyclic amines) is 1. The molecule has 2 saturated heterocycles. The lowest BCUT2D eigenvalue weighted by atomic mass is 10.0. The van der Waals surface area contributed by atoms with Crippen LogP contribution in [0.4, 0.5) is 0 Å². The van der Waals surface area contributed by atoms with E-state index in [0.717, 1.165) is 6.26 Å². The molecule has 0 aliphatic carbocycles. The Morgan fingerprint density at radius 2 is 2.09 bits per heavy atom. The molecule has 0 spiro atoms. The van der Waals surface area contributed by atoms with Crippen LogP contribution in [-0.4, -0.2) is 67.9 Å². The van der Waals surface area contributed by atoms with E-state index in [-0.39, 0.29) is 36.1 Å². The summed E-state index contributed by atoms with van der Waals surface area (Å²) in [5, 5.41) is 2.51. The topological polar surface area (TPSA) is 99.9 Å². The van der Waals surface area contributed by atoms with E-state index < -0.39 is 16.1 Å². The SMILES string of the molecule is CNC(=O)[C@@H]1C[C@H]2CN(C(=O)c3ccco3)C[C@H]2N1S(C)(=O)=O. The van der Waals surface area contributed by atoms with Crippen LogP contribution in [0.3, 0.4) is 0 Å². The third-order valence-electron chi connectivity index (χ3n) is 4.52. The van der Waals surface area contributed by atoms with E-state index in [2.05, 4.69) is 5.32 Å². The summed E-state index contributed by atoms with van der Waals surface area (Å²) in [5.74, 6) is -0.382. The molecule has 23 heavy (non-hydrogen) atoms. The molecule has 2 aliphatic heterocycles. The number of sulfonamides is 1. The van der Waals surface area contributed by atoms with Crippen molar-refractivity contribution in [1.82, 2.24) is 14.5 Å². The minimum atomic E-state index is -3.55. The summed E-state index contributed by atoms with van der Waals surface area (Å²) in [6, 6.07) is 2.14. The van der Waals surface area contributed by atoms with Crippen molar-refractivity contribution in [2.45, 2.75) is 18.5 Å². The lowest BCUT2D eigenvalue weighted by molar-refractivity contribution is -0.124. The lowest BCUT2D eigenvalue weighted by Crippen LogP contribution is -2.49. The van der Waals surface area contributed by atoms with Crippen molar-refractivity contribution in [2.75, 3.05) is 26.4 Å². The molecule has 126 valence electrons. The molecular weight excluding hydrogens is 322 g/mol. The number of furan rings is 1. The van der Waals surface area contributed by atoms with E-state index >= 15 is 0 Å². The van der Waals surface area contributed by atoms with Crippen molar-refractivity contribution < 1.29 is 22.4 Å². The molecular formula is C14H19N3O5S. The van der Waals surface area contributed by atoms with Crippen molar-refractivity contribution in [1.29, 1.82) is 0 Å². The summed E-state index contributed by atoms with van der Waals surface area (Å²) in [7, 11) is -2.06. The van der Waals surface area contributed by atoms with E-state index in [0.29, 0.717) is 13.0 Å². The molecule has 0 radical (unpaired) electrons. The highest BCUT2D eigenvalue weighted by Gasteiger charge is 2.53. The van der Waals surface area contributed by atoms with Gasteiger partial charge >= 0.3 is 0 Å². The van der Waals surface area contributed by atoms with Gasteiger partial charge in [-0.2, -0.15) is 4.31 Å². The molecule has 0 saturated carbocycles. The van der Waals surface area contributed by atoms with Gasteiger partial charge in [0.25, 0.3) is 5.91 Å². The molecule has 2 amide bonds. The highest BCUT2D eigenvalue weighted by Crippen LogP contribution is 2.38. The second-order valence-electron chi connectivity index (χ2n) is 5.97. The number of nitrogens with zero attached hydrogens (tertiary/aromatic N) is 2. The fraction of sp³-hybridized carbons (Fsp3) is 0.571. The van der Waals surface area contributed by atoms with Gasteiger partial charge in [-0.25, -0.2) is 8.42 Å². The Balaban J connectivity index is 1.82. The van der Waals surface area contributed by atoms with E-state index in [9.17, 15) is 18.0 Å². The second kappa shape index (κ2) is 5.64. The van der Waals surface area contributed by atoms with Crippen molar-refractivity contribution in [3.05, 3.63) is 24.2 Å². The summed E-state index contributed by atoms with van der Waals surface area (Å²) in [4.78, 5) is 25.9. The van der Waals surface area contributed by atoms with Gasteiger partial charge in [0.1, 0.15) is 6.04 Å². The third kappa shape index (κ3) is 2.74. The highest BCUT2D eigenvalue weighted by molar-refractivity contribution is 7.88. The number of hydrogen-bond donors (Lipinski definition) is 1. The van der Waals surface area contributed by atoms with Gasteiger partial charge in [0, 0.05) is 26.2 Å². The number of likely N-dealkylation sites (N-methyl/N-ethyl adjacent to an activating group) is 1. The predicted molar refractivity (Wildman–Crippen MR) is 81.0 cm³/mol. The summed E-state index contributed by atoms with van der Waals surface area (Å²) >= 11 is 0. The molecule has 0 unspecified atom stereocenters. The molecule has 0 bridgehead atoms. The Bertz CT molecular complexity index is 715. The Morgan fingerprint density at radius 1 is 1.35 bits per heavy atom. The van der Waals surface area contributed by atoms with Crippen LogP contribution in [0.5, 0.6) is 0 Å². The van der Waals surface area contributed by atoms with Crippen molar-refractivity contribution >= 4 is 21.8 Å². The fourth-order valence-electron chi connectivity index (χ4n) is 3.58. The van der Waals surface area contributed by atoms with Crippen molar-refractivity contribution in [3.63, 3.8) is 0 Å². The minimum absolute atomic E-state index is 0.0501. The molecule has 1 aromatic rings. The first-order valence-corrected chi connectivity index (χ1v) is 9.20. The first-order valence-electron chi connectivity index (χ1n) is 7.36. The number of rotatable bonds is 3. The number of hydrogen-bond acceptors (Lipinski definition) is 5. The highest BCUT2D eigenvalue weighted by atomic mass is 32.2. The van der Waals surface area contributed by atoms with Gasteiger partial charge in [-0.05, 0) is 24.5 Å². The average Bonchev–Trinajstić information content (AvgIpc) is 3.18. The number of amides is 2. The largest absolute Gasteiger partial charge is 0.459 e. The number of carbonyl (C=O) groups is 2. The first-order chi connectivity index (χ1) is 10.8.